The second kappa shape index (κ2) is 8.03. The summed E-state index contributed by atoms with van der Waals surface area (Å²) in [7, 11) is -3.82. The normalized spacial score (nSPS) is 22.9. The SMILES string of the molecule is CC(C)[C@@H](NS(=O)(=O)c1ccc(Cl)cc1)C(=O)N1C[C@@H](C)O[C@H](C)C1. The van der Waals surface area contributed by atoms with Crippen LogP contribution in [0.5, 0.6) is 0 Å². The molecule has 1 fully saturated rings. The maximum Gasteiger partial charge on any atom is 0.241 e. The van der Waals surface area contributed by atoms with E-state index in [9.17, 15) is 13.2 Å². The van der Waals surface area contributed by atoms with Crippen LogP contribution in [0.4, 0.5) is 0 Å². The van der Waals surface area contributed by atoms with E-state index in [0.29, 0.717) is 18.1 Å². The lowest BCUT2D eigenvalue weighted by molar-refractivity contribution is -0.145. The van der Waals surface area contributed by atoms with Gasteiger partial charge in [0.15, 0.2) is 0 Å². The predicted molar refractivity (Wildman–Crippen MR) is 97.0 cm³/mol. The van der Waals surface area contributed by atoms with Crippen LogP contribution in [0.1, 0.15) is 27.7 Å². The van der Waals surface area contributed by atoms with E-state index in [1.54, 1.807) is 4.90 Å². The van der Waals surface area contributed by atoms with Crippen LogP contribution in [-0.2, 0) is 19.6 Å². The summed E-state index contributed by atoms with van der Waals surface area (Å²) in [5.74, 6) is -0.419. The Balaban J connectivity index is 2.20. The molecule has 0 radical (unpaired) electrons. The Hall–Kier alpha value is -1.15. The number of amides is 1. The Kier molecular flexibility index (Phi) is 6.48. The molecule has 1 aromatic rings. The highest BCUT2D eigenvalue weighted by atomic mass is 35.5. The fraction of sp³-hybridized carbons (Fsp3) is 0.588. The van der Waals surface area contributed by atoms with Gasteiger partial charge in [0.1, 0.15) is 6.04 Å². The highest BCUT2D eigenvalue weighted by Gasteiger charge is 2.34. The van der Waals surface area contributed by atoms with Crippen LogP contribution in [-0.4, -0.2) is 50.6 Å². The average Bonchev–Trinajstić information content (AvgIpc) is 2.51. The summed E-state index contributed by atoms with van der Waals surface area (Å²) in [5, 5.41) is 0.451. The predicted octanol–water partition coefficient (Wildman–Crippen LogP) is 2.28. The van der Waals surface area contributed by atoms with E-state index in [0.717, 1.165) is 0 Å². The van der Waals surface area contributed by atoms with Gasteiger partial charge in [0.05, 0.1) is 17.1 Å². The number of hydrogen-bond acceptors (Lipinski definition) is 4. The van der Waals surface area contributed by atoms with Gasteiger partial charge in [-0.3, -0.25) is 4.79 Å². The van der Waals surface area contributed by atoms with Gasteiger partial charge in [-0.2, -0.15) is 4.72 Å². The second-order valence-corrected chi connectivity index (χ2v) is 8.95. The molecule has 0 spiro atoms. The zero-order valence-electron chi connectivity index (χ0n) is 14.9. The van der Waals surface area contributed by atoms with E-state index in [-0.39, 0.29) is 28.9 Å². The topological polar surface area (TPSA) is 75.7 Å². The molecule has 8 heteroatoms. The number of nitrogens with zero attached hydrogens (tertiary/aromatic N) is 1. The molecule has 3 atom stereocenters. The Labute approximate surface area is 154 Å². The smallest absolute Gasteiger partial charge is 0.241 e. The first-order valence-corrected chi connectivity index (χ1v) is 10.2. The molecule has 140 valence electrons. The standard InChI is InChI=1S/C17H25ClN2O4S/c1-11(2)16(17(21)20-9-12(3)24-13(4)10-20)19-25(22,23)15-7-5-14(18)6-8-15/h5-8,11-13,16,19H,9-10H2,1-4H3/t12-,13-,16-/m1/s1. The van der Waals surface area contributed by atoms with Crippen LogP contribution >= 0.6 is 11.6 Å². The molecule has 1 heterocycles. The van der Waals surface area contributed by atoms with Gasteiger partial charge in [0.25, 0.3) is 0 Å². The van der Waals surface area contributed by atoms with Crippen LogP contribution in [0.3, 0.4) is 0 Å². The lowest BCUT2D eigenvalue weighted by Gasteiger charge is -2.38. The minimum atomic E-state index is -3.82. The molecule has 6 nitrogen and oxygen atoms in total. The van der Waals surface area contributed by atoms with Crippen LogP contribution < -0.4 is 4.72 Å². The summed E-state index contributed by atoms with van der Waals surface area (Å²) in [6.45, 7) is 8.35. The summed E-state index contributed by atoms with van der Waals surface area (Å²) < 4.78 is 33.4. The van der Waals surface area contributed by atoms with E-state index in [4.69, 9.17) is 16.3 Å². The fourth-order valence-electron chi connectivity index (χ4n) is 2.88. The van der Waals surface area contributed by atoms with Gasteiger partial charge in [-0.25, -0.2) is 8.42 Å². The van der Waals surface area contributed by atoms with Gasteiger partial charge in [-0.05, 0) is 44.0 Å². The number of sulfonamides is 1. The molecule has 2 rings (SSSR count). The highest BCUT2D eigenvalue weighted by Crippen LogP contribution is 2.18. The maximum absolute atomic E-state index is 12.9. The number of benzene rings is 1. The highest BCUT2D eigenvalue weighted by molar-refractivity contribution is 7.89. The number of nitrogens with one attached hydrogen (secondary N) is 1. The van der Waals surface area contributed by atoms with Gasteiger partial charge >= 0.3 is 0 Å². The molecular weight excluding hydrogens is 364 g/mol. The van der Waals surface area contributed by atoms with E-state index in [2.05, 4.69) is 4.72 Å². The van der Waals surface area contributed by atoms with Crippen molar-refractivity contribution in [2.45, 2.75) is 50.8 Å². The molecule has 0 aromatic heterocycles. The molecule has 1 aliphatic rings. The van der Waals surface area contributed by atoms with Crippen molar-refractivity contribution in [3.63, 3.8) is 0 Å². The molecule has 1 aromatic carbocycles. The lowest BCUT2D eigenvalue weighted by atomic mass is 10.0. The quantitative estimate of drug-likeness (QED) is 0.839. The summed E-state index contributed by atoms with van der Waals surface area (Å²) in [6, 6.07) is 5.02. The van der Waals surface area contributed by atoms with Gasteiger partial charge in [0.2, 0.25) is 15.9 Å². The van der Waals surface area contributed by atoms with Crippen LogP contribution in [0, 0.1) is 5.92 Å². The maximum atomic E-state index is 12.9. The lowest BCUT2D eigenvalue weighted by Crippen LogP contribution is -2.56. The average molecular weight is 389 g/mol. The van der Waals surface area contributed by atoms with Crippen molar-refractivity contribution >= 4 is 27.5 Å². The fourth-order valence-corrected chi connectivity index (χ4v) is 4.34. The third kappa shape index (κ3) is 5.17. The third-order valence-electron chi connectivity index (χ3n) is 4.07. The molecule has 0 saturated carbocycles. The second-order valence-electron chi connectivity index (χ2n) is 6.80. The third-order valence-corrected chi connectivity index (χ3v) is 5.78. The first-order valence-electron chi connectivity index (χ1n) is 8.32. The number of carbonyl (C=O) groups is 1. The summed E-state index contributed by atoms with van der Waals surface area (Å²) >= 11 is 5.81. The number of hydrogen-bond donors (Lipinski definition) is 1. The summed E-state index contributed by atoms with van der Waals surface area (Å²) in [4.78, 5) is 14.7. The molecule has 1 aliphatic heterocycles. The minimum Gasteiger partial charge on any atom is -0.372 e. The van der Waals surface area contributed by atoms with Crippen LogP contribution in [0.2, 0.25) is 5.02 Å². The van der Waals surface area contributed by atoms with Crippen LogP contribution in [0.15, 0.2) is 29.2 Å². The number of carbonyl (C=O) groups excluding carboxylic acids is 1. The van der Waals surface area contributed by atoms with Crippen LogP contribution in [0.25, 0.3) is 0 Å². The monoisotopic (exact) mass is 388 g/mol. The number of ether oxygens (including phenoxy) is 1. The van der Waals surface area contributed by atoms with E-state index >= 15 is 0 Å². The largest absolute Gasteiger partial charge is 0.372 e. The molecule has 0 bridgehead atoms. The Morgan fingerprint density at radius 3 is 2.20 bits per heavy atom. The van der Waals surface area contributed by atoms with Crippen molar-refractivity contribution < 1.29 is 17.9 Å². The molecule has 0 aliphatic carbocycles. The number of halogens is 1. The van der Waals surface area contributed by atoms with E-state index < -0.39 is 16.1 Å². The van der Waals surface area contributed by atoms with Crippen molar-refractivity contribution in [1.82, 2.24) is 9.62 Å². The molecule has 1 amide bonds. The number of rotatable bonds is 5. The molecule has 1 N–H and O–H groups in total. The van der Waals surface area contributed by atoms with Crippen molar-refractivity contribution in [1.29, 1.82) is 0 Å². The van der Waals surface area contributed by atoms with E-state index in [1.165, 1.54) is 24.3 Å². The molecule has 1 saturated heterocycles. The molecular formula is C17H25ClN2O4S. The van der Waals surface area contributed by atoms with Gasteiger partial charge in [0, 0.05) is 18.1 Å². The van der Waals surface area contributed by atoms with E-state index in [1.807, 2.05) is 27.7 Å². The molecule has 25 heavy (non-hydrogen) atoms. The first-order chi connectivity index (χ1) is 11.6. The zero-order valence-corrected chi connectivity index (χ0v) is 16.5. The Morgan fingerprint density at radius 1 is 1.20 bits per heavy atom. The van der Waals surface area contributed by atoms with Gasteiger partial charge < -0.3 is 9.64 Å². The Bertz CT molecular complexity index is 696. The van der Waals surface area contributed by atoms with Gasteiger partial charge in [-0.15, -0.1) is 0 Å². The zero-order chi connectivity index (χ0) is 18.8. The molecule has 0 unspecified atom stereocenters. The minimum absolute atomic E-state index is 0.0756. The summed E-state index contributed by atoms with van der Waals surface area (Å²) in [6.07, 6.45) is -0.151. The Morgan fingerprint density at radius 2 is 1.72 bits per heavy atom. The summed E-state index contributed by atoms with van der Waals surface area (Å²) in [5.41, 5.74) is 0. The van der Waals surface area contributed by atoms with Crippen molar-refractivity contribution in [2.75, 3.05) is 13.1 Å². The van der Waals surface area contributed by atoms with Gasteiger partial charge in [-0.1, -0.05) is 25.4 Å². The first kappa shape index (κ1) is 20.2. The van der Waals surface area contributed by atoms with Crippen molar-refractivity contribution in [3.05, 3.63) is 29.3 Å². The van der Waals surface area contributed by atoms with Crippen molar-refractivity contribution in [2.24, 2.45) is 5.92 Å². The number of morpholine rings is 1. The van der Waals surface area contributed by atoms with Crippen molar-refractivity contribution in [3.8, 4) is 0 Å².